The summed E-state index contributed by atoms with van der Waals surface area (Å²) in [5.74, 6) is 0.135. The second kappa shape index (κ2) is 9.45. The average Bonchev–Trinajstić information content (AvgIpc) is 2.59. The molecule has 8 nitrogen and oxygen atoms in total. The van der Waals surface area contributed by atoms with Gasteiger partial charge < -0.3 is 19.7 Å². The Morgan fingerprint density at radius 3 is 2.64 bits per heavy atom. The highest BCUT2D eigenvalue weighted by atomic mass is 32.2. The third kappa shape index (κ3) is 5.98. The van der Waals surface area contributed by atoms with E-state index >= 15 is 0 Å². The number of nitrogens with one attached hydrogen (secondary N) is 1. The Balaban J connectivity index is 2.24. The van der Waals surface area contributed by atoms with Crippen LogP contribution in [0, 0.1) is 6.92 Å². The Morgan fingerprint density at radius 2 is 2.04 bits per heavy atom. The fourth-order valence-corrected chi connectivity index (χ4v) is 3.46. The van der Waals surface area contributed by atoms with Crippen molar-refractivity contribution in [3.05, 3.63) is 11.3 Å². The number of thioether (sulfide) groups is 1. The molecule has 0 unspecified atom stereocenters. The van der Waals surface area contributed by atoms with Gasteiger partial charge >= 0.3 is 12.1 Å². The molecule has 1 fully saturated rings. The monoisotopic (exact) mass is 410 g/mol. The summed E-state index contributed by atoms with van der Waals surface area (Å²) >= 11 is 1.42. The minimum Gasteiger partial charge on any atom is -0.462 e. The van der Waals surface area contributed by atoms with E-state index in [2.05, 4.69) is 15.3 Å². The lowest BCUT2D eigenvalue weighted by Crippen LogP contribution is -2.49. The molecule has 156 valence electrons. The molecule has 0 saturated carbocycles. The first-order chi connectivity index (χ1) is 13.1. The van der Waals surface area contributed by atoms with Gasteiger partial charge in [0.2, 0.25) is 0 Å². The normalized spacial score (nSPS) is 17.2. The first-order valence-electron chi connectivity index (χ1n) is 9.48. The molecule has 0 bridgehead atoms. The van der Waals surface area contributed by atoms with E-state index in [9.17, 15) is 9.59 Å². The zero-order valence-electron chi connectivity index (χ0n) is 17.5. The fraction of sp³-hybridized carbons (Fsp3) is 0.684. The Morgan fingerprint density at radius 1 is 1.32 bits per heavy atom. The average molecular weight is 411 g/mol. The number of piperidine rings is 1. The molecule has 0 aliphatic carbocycles. The van der Waals surface area contributed by atoms with Crippen molar-refractivity contribution in [2.45, 2.75) is 64.3 Å². The van der Waals surface area contributed by atoms with Crippen molar-refractivity contribution in [1.29, 1.82) is 0 Å². The van der Waals surface area contributed by atoms with Gasteiger partial charge in [-0.3, -0.25) is 0 Å². The number of rotatable bonds is 5. The summed E-state index contributed by atoms with van der Waals surface area (Å²) in [6.07, 6.45) is 3.16. The summed E-state index contributed by atoms with van der Waals surface area (Å²) in [6, 6.07) is -0.0911. The minimum atomic E-state index is -0.549. The Bertz CT molecular complexity index is 721. The molecular formula is C19H30N4O4S. The van der Waals surface area contributed by atoms with Crippen LogP contribution in [-0.4, -0.2) is 59.6 Å². The van der Waals surface area contributed by atoms with Gasteiger partial charge in [0.1, 0.15) is 17.0 Å². The number of nitrogens with zero attached hydrogens (tertiary/aromatic N) is 3. The molecular weight excluding hydrogens is 380 g/mol. The Kier molecular flexibility index (Phi) is 7.51. The zero-order chi connectivity index (χ0) is 20.9. The number of hydrogen-bond acceptors (Lipinski definition) is 8. The number of carbonyl (C=O) groups is 2. The van der Waals surface area contributed by atoms with E-state index in [-0.39, 0.29) is 12.6 Å². The van der Waals surface area contributed by atoms with Gasteiger partial charge in [0, 0.05) is 19.1 Å². The number of alkyl carbamates (subject to hydrolysis) is 1. The lowest BCUT2D eigenvalue weighted by molar-refractivity contribution is 0.0493. The van der Waals surface area contributed by atoms with Crippen LogP contribution in [0.1, 0.15) is 56.6 Å². The number of aryl methyl sites for hydroxylation is 1. The van der Waals surface area contributed by atoms with Crippen LogP contribution < -0.4 is 10.2 Å². The molecule has 2 heterocycles. The minimum absolute atomic E-state index is 0.0911. The molecule has 0 spiro atoms. The summed E-state index contributed by atoms with van der Waals surface area (Å²) in [7, 11) is 0. The lowest BCUT2D eigenvalue weighted by Gasteiger charge is -2.35. The van der Waals surface area contributed by atoms with Gasteiger partial charge in [-0.2, -0.15) is 0 Å². The van der Waals surface area contributed by atoms with Crippen molar-refractivity contribution in [2.75, 3.05) is 30.9 Å². The number of hydrogen-bond donors (Lipinski definition) is 1. The molecule has 1 aliphatic rings. The van der Waals surface area contributed by atoms with Crippen molar-refractivity contribution in [2.24, 2.45) is 0 Å². The number of aromatic nitrogens is 2. The molecule has 28 heavy (non-hydrogen) atoms. The highest BCUT2D eigenvalue weighted by Crippen LogP contribution is 2.27. The van der Waals surface area contributed by atoms with E-state index < -0.39 is 17.7 Å². The topological polar surface area (TPSA) is 93.6 Å². The van der Waals surface area contributed by atoms with Crippen LogP contribution in [0.25, 0.3) is 0 Å². The first-order valence-corrected chi connectivity index (χ1v) is 10.7. The molecule has 1 aliphatic heterocycles. The number of carbonyl (C=O) groups excluding carboxylic acids is 2. The first kappa shape index (κ1) is 22.3. The second-order valence-corrected chi connectivity index (χ2v) is 8.42. The maximum atomic E-state index is 12.5. The maximum absolute atomic E-state index is 12.5. The van der Waals surface area contributed by atoms with E-state index in [1.807, 2.05) is 31.9 Å². The van der Waals surface area contributed by atoms with Crippen LogP contribution in [0.4, 0.5) is 10.6 Å². The van der Waals surface area contributed by atoms with Crippen molar-refractivity contribution < 1.29 is 19.1 Å². The smallest absolute Gasteiger partial charge is 0.407 e. The fourth-order valence-electron chi connectivity index (χ4n) is 3.06. The van der Waals surface area contributed by atoms with Gasteiger partial charge in [-0.25, -0.2) is 19.6 Å². The highest BCUT2D eigenvalue weighted by Gasteiger charge is 2.29. The molecule has 1 saturated heterocycles. The maximum Gasteiger partial charge on any atom is 0.407 e. The van der Waals surface area contributed by atoms with Gasteiger partial charge in [-0.15, -0.1) is 0 Å². The van der Waals surface area contributed by atoms with E-state index in [1.165, 1.54) is 11.8 Å². The van der Waals surface area contributed by atoms with Crippen LogP contribution >= 0.6 is 11.8 Å². The van der Waals surface area contributed by atoms with Crippen LogP contribution in [0.2, 0.25) is 0 Å². The molecule has 1 N–H and O–H groups in total. The Hall–Kier alpha value is -2.03. The van der Waals surface area contributed by atoms with Crippen LogP contribution in [0.3, 0.4) is 0 Å². The summed E-state index contributed by atoms with van der Waals surface area (Å²) in [4.78, 5) is 35.6. The van der Waals surface area contributed by atoms with Gasteiger partial charge in [0.05, 0.1) is 12.3 Å². The van der Waals surface area contributed by atoms with E-state index in [4.69, 9.17) is 9.47 Å². The van der Waals surface area contributed by atoms with Gasteiger partial charge in [-0.1, -0.05) is 11.8 Å². The number of anilines is 1. The number of ether oxygens (including phenoxy) is 2. The molecule has 1 amide bonds. The summed E-state index contributed by atoms with van der Waals surface area (Å²) in [6.45, 7) is 10.6. The number of esters is 1. The lowest BCUT2D eigenvalue weighted by atomic mass is 10.0. The third-order valence-corrected chi connectivity index (χ3v) is 4.70. The van der Waals surface area contributed by atoms with E-state index in [1.54, 1.807) is 13.8 Å². The SMILES string of the molecule is CCOC(=O)c1c(C)nc(SC)nc1N1CCC[C@H](NC(=O)OC(C)(C)C)C1. The molecule has 1 aromatic heterocycles. The molecule has 1 aromatic rings. The standard InChI is InChI=1S/C19H30N4O4S/c1-7-26-16(24)14-12(2)20-17(28-6)22-15(14)23-10-8-9-13(11-23)21-18(25)27-19(3,4)5/h13H,7-11H2,1-6H3,(H,21,25)/t13-/m0/s1. The molecule has 9 heteroatoms. The quantitative estimate of drug-likeness (QED) is 0.449. The van der Waals surface area contributed by atoms with Gasteiger partial charge in [0.15, 0.2) is 5.16 Å². The predicted octanol–water partition coefficient (Wildman–Crippen LogP) is 3.18. The Labute approximate surface area is 170 Å². The van der Waals surface area contributed by atoms with Gasteiger partial charge in [0.25, 0.3) is 0 Å². The summed E-state index contributed by atoms with van der Waals surface area (Å²) in [5.41, 5.74) is 0.430. The van der Waals surface area contributed by atoms with E-state index in [0.29, 0.717) is 28.8 Å². The molecule has 1 atom stereocenters. The molecule has 2 rings (SSSR count). The molecule has 0 aromatic carbocycles. The van der Waals surface area contributed by atoms with Crippen LogP contribution in [-0.2, 0) is 9.47 Å². The molecule has 0 radical (unpaired) electrons. The van der Waals surface area contributed by atoms with E-state index in [0.717, 1.165) is 19.4 Å². The third-order valence-electron chi connectivity index (χ3n) is 4.15. The zero-order valence-corrected chi connectivity index (χ0v) is 18.3. The highest BCUT2D eigenvalue weighted by molar-refractivity contribution is 7.98. The van der Waals surface area contributed by atoms with Crippen LogP contribution in [0.5, 0.6) is 0 Å². The van der Waals surface area contributed by atoms with Crippen molar-refractivity contribution >= 4 is 29.6 Å². The summed E-state index contributed by atoms with van der Waals surface area (Å²) in [5, 5.41) is 3.52. The van der Waals surface area contributed by atoms with Gasteiger partial charge in [-0.05, 0) is 53.7 Å². The van der Waals surface area contributed by atoms with Crippen molar-refractivity contribution in [3.8, 4) is 0 Å². The largest absolute Gasteiger partial charge is 0.462 e. The van der Waals surface area contributed by atoms with Crippen LogP contribution in [0.15, 0.2) is 5.16 Å². The van der Waals surface area contributed by atoms with Crippen molar-refractivity contribution in [3.63, 3.8) is 0 Å². The number of amides is 1. The summed E-state index contributed by atoms with van der Waals surface area (Å²) < 4.78 is 10.6. The van der Waals surface area contributed by atoms with Crippen molar-refractivity contribution in [1.82, 2.24) is 15.3 Å². The predicted molar refractivity (Wildman–Crippen MR) is 109 cm³/mol. The second-order valence-electron chi connectivity index (χ2n) is 7.65.